The molecule has 0 bridgehead atoms. The summed E-state index contributed by atoms with van der Waals surface area (Å²) in [5.41, 5.74) is 2.53. The number of rotatable bonds is 5. The van der Waals surface area contributed by atoms with Crippen LogP contribution < -0.4 is 5.32 Å². The molecular weight excluding hydrogens is 444 g/mol. The van der Waals surface area contributed by atoms with Crippen molar-refractivity contribution in [3.63, 3.8) is 0 Å². The SMILES string of the molecule is CN1CCN(S(=O)(=O)c2ccc3nc(Nc4ccc(-c5ccccc5)nn4)sc3c2)CC1. The lowest BCUT2D eigenvalue weighted by atomic mass is 10.1. The van der Waals surface area contributed by atoms with Gasteiger partial charge in [0.1, 0.15) is 0 Å². The van der Waals surface area contributed by atoms with Crippen molar-refractivity contribution in [1.82, 2.24) is 24.4 Å². The van der Waals surface area contributed by atoms with Crippen molar-refractivity contribution in [2.75, 3.05) is 38.5 Å². The smallest absolute Gasteiger partial charge is 0.243 e. The van der Waals surface area contributed by atoms with Crippen LogP contribution in [0.15, 0.2) is 65.6 Å². The fourth-order valence-electron chi connectivity index (χ4n) is 3.57. The molecule has 8 nitrogen and oxygen atoms in total. The first-order valence-corrected chi connectivity index (χ1v) is 12.5. The highest BCUT2D eigenvalue weighted by Crippen LogP contribution is 2.31. The van der Waals surface area contributed by atoms with Gasteiger partial charge in [-0.15, -0.1) is 10.2 Å². The van der Waals surface area contributed by atoms with Crippen molar-refractivity contribution in [1.29, 1.82) is 0 Å². The van der Waals surface area contributed by atoms with Crippen molar-refractivity contribution in [2.24, 2.45) is 0 Å². The Labute approximate surface area is 190 Å². The zero-order valence-electron chi connectivity index (χ0n) is 17.5. The fourth-order valence-corrected chi connectivity index (χ4v) is 6.00. The molecule has 1 aliphatic rings. The maximum Gasteiger partial charge on any atom is 0.243 e. The zero-order chi connectivity index (χ0) is 22.1. The van der Waals surface area contributed by atoms with Gasteiger partial charge in [-0.1, -0.05) is 41.7 Å². The Hall–Kier alpha value is -2.92. The Morgan fingerprint density at radius 1 is 0.938 bits per heavy atom. The van der Waals surface area contributed by atoms with Crippen LogP contribution in [-0.2, 0) is 10.0 Å². The number of benzene rings is 2. The van der Waals surface area contributed by atoms with Crippen molar-refractivity contribution in [3.8, 4) is 11.3 Å². The summed E-state index contributed by atoms with van der Waals surface area (Å²) in [6, 6.07) is 18.7. The van der Waals surface area contributed by atoms with Crippen LogP contribution in [0.5, 0.6) is 0 Å². The highest BCUT2D eigenvalue weighted by Gasteiger charge is 2.27. The van der Waals surface area contributed by atoms with Crippen LogP contribution >= 0.6 is 11.3 Å². The number of anilines is 2. The molecule has 1 fully saturated rings. The molecule has 0 saturated carbocycles. The topological polar surface area (TPSA) is 91.3 Å². The van der Waals surface area contributed by atoms with Gasteiger partial charge in [0.05, 0.1) is 20.8 Å². The van der Waals surface area contributed by atoms with Gasteiger partial charge < -0.3 is 10.2 Å². The van der Waals surface area contributed by atoms with E-state index in [1.54, 1.807) is 22.5 Å². The van der Waals surface area contributed by atoms with Crippen molar-refractivity contribution in [2.45, 2.75) is 4.90 Å². The van der Waals surface area contributed by atoms with Crippen LogP contribution in [0.1, 0.15) is 0 Å². The Morgan fingerprint density at radius 3 is 2.44 bits per heavy atom. The number of hydrogen-bond donors (Lipinski definition) is 1. The molecule has 0 radical (unpaired) electrons. The van der Waals surface area contributed by atoms with Crippen molar-refractivity contribution in [3.05, 3.63) is 60.7 Å². The molecule has 1 aliphatic heterocycles. The summed E-state index contributed by atoms with van der Waals surface area (Å²) in [6.07, 6.45) is 0. The third kappa shape index (κ3) is 4.22. The molecule has 1 N–H and O–H groups in total. The zero-order valence-corrected chi connectivity index (χ0v) is 19.1. The van der Waals surface area contributed by atoms with Gasteiger partial charge in [0.25, 0.3) is 0 Å². The Kier molecular flexibility index (Phi) is 5.60. The van der Waals surface area contributed by atoms with E-state index in [4.69, 9.17) is 0 Å². The van der Waals surface area contributed by atoms with Crippen LogP contribution in [0.3, 0.4) is 0 Å². The van der Waals surface area contributed by atoms with E-state index in [-0.39, 0.29) is 0 Å². The maximum atomic E-state index is 13.0. The molecule has 1 saturated heterocycles. The first-order chi connectivity index (χ1) is 15.5. The highest BCUT2D eigenvalue weighted by atomic mass is 32.2. The Morgan fingerprint density at radius 2 is 1.72 bits per heavy atom. The second-order valence-corrected chi connectivity index (χ2v) is 10.6. The van der Waals surface area contributed by atoms with Gasteiger partial charge in [-0.2, -0.15) is 4.31 Å². The first-order valence-electron chi connectivity index (χ1n) is 10.2. The van der Waals surface area contributed by atoms with Gasteiger partial charge in [-0.3, -0.25) is 0 Å². The third-order valence-electron chi connectivity index (χ3n) is 5.43. The van der Waals surface area contributed by atoms with Gasteiger partial charge in [-0.05, 0) is 37.4 Å². The molecule has 2 aromatic carbocycles. The van der Waals surface area contributed by atoms with Gasteiger partial charge in [0.2, 0.25) is 10.0 Å². The summed E-state index contributed by atoms with van der Waals surface area (Å²) in [5, 5.41) is 12.3. The molecule has 0 unspecified atom stereocenters. The number of hydrogen-bond acceptors (Lipinski definition) is 8. The summed E-state index contributed by atoms with van der Waals surface area (Å²) in [4.78, 5) is 6.99. The van der Waals surface area contributed by atoms with Gasteiger partial charge in [-0.25, -0.2) is 13.4 Å². The van der Waals surface area contributed by atoms with E-state index in [9.17, 15) is 8.42 Å². The van der Waals surface area contributed by atoms with E-state index >= 15 is 0 Å². The minimum atomic E-state index is -3.51. The van der Waals surface area contributed by atoms with Crippen LogP contribution in [0.4, 0.5) is 10.9 Å². The van der Waals surface area contributed by atoms with Crippen LogP contribution in [0.25, 0.3) is 21.5 Å². The Bertz CT molecular complexity index is 1330. The monoisotopic (exact) mass is 466 g/mol. The van der Waals surface area contributed by atoms with Gasteiger partial charge in [0.15, 0.2) is 10.9 Å². The largest absolute Gasteiger partial charge is 0.315 e. The first kappa shape index (κ1) is 21.0. The van der Waals surface area contributed by atoms with Crippen LogP contribution in [0, 0.1) is 0 Å². The van der Waals surface area contributed by atoms with Crippen LogP contribution in [0.2, 0.25) is 0 Å². The molecule has 0 aliphatic carbocycles. The minimum Gasteiger partial charge on any atom is -0.315 e. The van der Waals surface area contributed by atoms with Gasteiger partial charge >= 0.3 is 0 Å². The summed E-state index contributed by atoms with van der Waals surface area (Å²) < 4.78 is 28.4. The Balaban J connectivity index is 1.35. The van der Waals surface area contributed by atoms with Gasteiger partial charge in [0, 0.05) is 31.7 Å². The lowest BCUT2D eigenvalue weighted by Crippen LogP contribution is -2.46. The quantitative estimate of drug-likeness (QED) is 0.482. The molecule has 164 valence electrons. The van der Waals surface area contributed by atoms with Crippen molar-refractivity contribution >= 4 is 42.5 Å². The lowest BCUT2D eigenvalue weighted by molar-refractivity contribution is 0.222. The van der Waals surface area contributed by atoms with E-state index in [0.717, 1.165) is 34.6 Å². The molecule has 0 atom stereocenters. The average Bonchev–Trinajstić information content (AvgIpc) is 3.22. The van der Waals surface area contributed by atoms with E-state index in [1.165, 1.54) is 11.3 Å². The van der Waals surface area contributed by atoms with Crippen molar-refractivity contribution < 1.29 is 8.42 Å². The molecule has 32 heavy (non-hydrogen) atoms. The highest BCUT2D eigenvalue weighted by molar-refractivity contribution is 7.89. The molecule has 4 aromatic rings. The number of thiazole rings is 1. The number of sulfonamides is 1. The fraction of sp³-hybridized carbons (Fsp3) is 0.227. The summed E-state index contributed by atoms with van der Waals surface area (Å²) >= 11 is 1.39. The average molecular weight is 467 g/mol. The third-order valence-corrected chi connectivity index (χ3v) is 8.26. The molecule has 0 amide bonds. The van der Waals surface area contributed by atoms with Crippen LogP contribution in [-0.4, -0.2) is 66.0 Å². The number of likely N-dealkylation sites (N-methyl/N-ethyl adjacent to an activating group) is 1. The number of fused-ring (bicyclic) bond motifs is 1. The molecule has 10 heteroatoms. The van der Waals surface area contributed by atoms with E-state index in [1.807, 2.05) is 49.5 Å². The number of aromatic nitrogens is 3. The lowest BCUT2D eigenvalue weighted by Gasteiger charge is -2.31. The second-order valence-electron chi connectivity index (χ2n) is 7.65. The molecule has 0 spiro atoms. The normalized spacial score (nSPS) is 15.8. The minimum absolute atomic E-state index is 0.303. The molecule has 3 heterocycles. The predicted molar refractivity (Wildman–Crippen MR) is 127 cm³/mol. The number of nitrogens with one attached hydrogen (secondary N) is 1. The molecule has 5 rings (SSSR count). The van der Waals surface area contributed by atoms with E-state index in [2.05, 4.69) is 25.4 Å². The summed E-state index contributed by atoms with van der Waals surface area (Å²) in [6.45, 7) is 2.48. The predicted octanol–water partition coefficient (Wildman–Crippen LogP) is 3.43. The maximum absolute atomic E-state index is 13.0. The number of piperazine rings is 1. The molecule has 2 aromatic heterocycles. The number of nitrogens with zero attached hydrogens (tertiary/aromatic N) is 5. The second kappa shape index (κ2) is 8.55. The standard InChI is InChI=1S/C22H22N6O2S2/c1-27-11-13-28(14-12-27)32(29,30)17-7-8-19-20(15-17)31-22(23-19)24-21-10-9-18(25-26-21)16-5-3-2-4-6-16/h2-10,15H,11-14H2,1H3,(H,23,24,26). The van der Waals surface area contributed by atoms with E-state index < -0.39 is 10.0 Å². The molecular formula is C22H22N6O2S2. The summed E-state index contributed by atoms with van der Waals surface area (Å²) in [5.74, 6) is 0.578. The van der Waals surface area contributed by atoms with E-state index in [0.29, 0.717) is 28.9 Å². The summed E-state index contributed by atoms with van der Waals surface area (Å²) in [7, 11) is -1.51.